The summed E-state index contributed by atoms with van der Waals surface area (Å²) >= 11 is 0. The maximum absolute atomic E-state index is 13.0. The van der Waals surface area contributed by atoms with Crippen LogP contribution >= 0.6 is 0 Å². The van der Waals surface area contributed by atoms with Gasteiger partial charge in [0.05, 0.1) is 17.7 Å². The molecule has 2 fully saturated rings. The number of likely N-dealkylation sites (tertiary alicyclic amines) is 1. The number of hydrogen-bond acceptors (Lipinski definition) is 5. The van der Waals surface area contributed by atoms with Gasteiger partial charge in [0.25, 0.3) is 5.91 Å². The first-order valence-corrected chi connectivity index (χ1v) is 10.1. The molecule has 0 bridgehead atoms. The summed E-state index contributed by atoms with van der Waals surface area (Å²) in [5.74, 6) is 0.770. The van der Waals surface area contributed by atoms with Gasteiger partial charge in [0.2, 0.25) is 5.88 Å². The number of pyridine rings is 2. The van der Waals surface area contributed by atoms with E-state index in [2.05, 4.69) is 9.97 Å². The van der Waals surface area contributed by atoms with Gasteiger partial charge in [0, 0.05) is 44.5 Å². The van der Waals surface area contributed by atoms with Gasteiger partial charge >= 0.3 is 6.18 Å². The van der Waals surface area contributed by atoms with Crippen molar-refractivity contribution >= 4 is 11.7 Å². The maximum Gasteiger partial charge on any atom is 0.417 e. The summed E-state index contributed by atoms with van der Waals surface area (Å²) in [5, 5.41) is 0. The van der Waals surface area contributed by atoms with Crippen molar-refractivity contribution in [2.24, 2.45) is 0 Å². The lowest BCUT2D eigenvalue weighted by Crippen LogP contribution is -2.37. The summed E-state index contributed by atoms with van der Waals surface area (Å²) in [6.07, 6.45) is 1.61. The van der Waals surface area contributed by atoms with Gasteiger partial charge in [-0.15, -0.1) is 0 Å². The van der Waals surface area contributed by atoms with E-state index in [9.17, 15) is 18.0 Å². The molecule has 0 N–H and O–H groups in total. The lowest BCUT2D eigenvalue weighted by molar-refractivity contribution is -0.137. The molecule has 0 saturated carbocycles. The number of carbonyl (C=O) groups excluding carboxylic acids is 1. The van der Waals surface area contributed by atoms with Crippen LogP contribution in [-0.2, 0) is 6.18 Å². The molecule has 1 atom stereocenters. The Bertz CT molecular complexity index is 883. The van der Waals surface area contributed by atoms with Crippen LogP contribution in [0.25, 0.3) is 0 Å². The van der Waals surface area contributed by atoms with E-state index in [-0.39, 0.29) is 17.9 Å². The fraction of sp³-hybridized carbons (Fsp3) is 0.476. The number of anilines is 1. The third kappa shape index (κ3) is 4.49. The van der Waals surface area contributed by atoms with E-state index >= 15 is 0 Å². The fourth-order valence-corrected chi connectivity index (χ4v) is 3.89. The molecule has 160 valence electrons. The highest BCUT2D eigenvalue weighted by Crippen LogP contribution is 2.30. The Labute approximate surface area is 172 Å². The Balaban J connectivity index is 1.43. The summed E-state index contributed by atoms with van der Waals surface area (Å²) in [7, 11) is 0. The number of halogens is 3. The number of alkyl halides is 3. The second kappa shape index (κ2) is 8.49. The van der Waals surface area contributed by atoms with Crippen molar-refractivity contribution in [2.75, 3.05) is 31.1 Å². The molecule has 30 heavy (non-hydrogen) atoms. The Morgan fingerprint density at radius 3 is 2.57 bits per heavy atom. The van der Waals surface area contributed by atoms with E-state index in [1.807, 2.05) is 9.80 Å². The van der Waals surface area contributed by atoms with Crippen molar-refractivity contribution < 1.29 is 22.7 Å². The van der Waals surface area contributed by atoms with Crippen molar-refractivity contribution in [3.8, 4) is 5.88 Å². The average molecular weight is 420 g/mol. The van der Waals surface area contributed by atoms with Crippen LogP contribution in [0.5, 0.6) is 5.88 Å². The zero-order chi connectivity index (χ0) is 21.1. The summed E-state index contributed by atoms with van der Waals surface area (Å²) < 4.78 is 43.8. The molecule has 9 heteroatoms. The number of piperidine rings is 1. The molecule has 1 amide bonds. The van der Waals surface area contributed by atoms with Crippen LogP contribution in [-0.4, -0.2) is 53.1 Å². The van der Waals surface area contributed by atoms with E-state index in [1.54, 1.807) is 18.3 Å². The predicted molar refractivity (Wildman–Crippen MR) is 104 cm³/mol. The van der Waals surface area contributed by atoms with Gasteiger partial charge in [-0.2, -0.15) is 13.2 Å². The number of carbonyl (C=O) groups is 1. The van der Waals surface area contributed by atoms with Gasteiger partial charge in [-0.3, -0.25) is 4.79 Å². The lowest BCUT2D eigenvalue weighted by Gasteiger charge is -2.28. The summed E-state index contributed by atoms with van der Waals surface area (Å²) in [5.41, 5.74) is -0.232. The van der Waals surface area contributed by atoms with Crippen LogP contribution in [0.4, 0.5) is 19.0 Å². The van der Waals surface area contributed by atoms with Crippen LogP contribution in [0.3, 0.4) is 0 Å². The number of ether oxygens (including phenoxy) is 1. The first kappa shape index (κ1) is 20.4. The molecule has 4 rings (SSSR count). The first-order valence-electron chi connectivity index (χ1n) is 10.1. The smallest absolute Gasteiger partial charge is 0.417 e. The maximum atomic E-state index is 13.0. The van der Waals surface area contributed by atoms with Crippen molar-refractivity contribution in [3.05, 3.63) is 47.8 Å². The van der Waals surface area contributed by atoms with Crippen LogP contribution in [0.1, 0.15) is 41.6 Å². The number of nitrogens with zero attached hydrogens (tertiary/aromatic N) is 4. The summed E-state index contributed by atoms with van der Waals surface area (Å²) in [6.45, 7) is 2.65. The third-order valence-corrected chi connectivity index (χ3v) is 5.46. The standard InChI is InChI=1S/C21H23F3N4O2/c22-21(23,24)15-6-7-18(26-13-15)30-16-8-12-28(14-16)19-17(5-4-9-25-19)20(29)27-10-2-1-3-11-27/h4-7,9,13,16H,1-3,8,10-12,14H2. The van der Waals surface area contributed by atoms with Crippen LogP contribution in [0.15, 0.2) is 36.7 Å². The number of aromatic nitrogens is 2. The second-order valence-electron chi connectivity index (χ2n) is 7.58. The highest BCUT2D eigenvalue weighted by atomic mass is 19.4. The molecular formula is C21H23F3N4O2. The first-order chi connectivity index (χ1) is 14.4. The zero-order valence-corrected chi connectivity index (χ0v) is 16.4. The van der Waals surface area contributed by atoms with E-state index in [1.165, 1.54) is 6.07 Å². The van der Waals surface area contributed by atoms with Gasteiger partial charge in [0.1, 0.15) is 11.9 Å². The molecule has 2 aromatic heterocycles. The Morgan fingerprint density at radius 1 is 1.07 bits per heavy atom. The third-order valence-electron chi connectivity index (χ3n) is 5.46. The highest BCUT2D eigenvalue weighted by molar-refractivity contribution is 5.99. The van der Waals surface area contributed by atoms with Gasteiger partial charge in [-0.25, -0.2) is 9.97 Å². The molecule has 2 saturated heterocycles. The van der Waals surface area contributed by atoms with Gasteiger partial charge in [-0.1, -0.05) is 0 Å². The summed E-state index contributed by atoms with van der Waals surface area (Å²) in [4.78, 5) is 25.1. The largest absolute Gasteiger partial charge is 0.472 e. The number of amides is 1. The predicted octanol–water partition coefficient (Wildman–Crippen LogP) is 3.78. The minimum absolute atomic E-state index is 0.00780. The molecule has 1 unspecified atom stereocenters. The molecule has 2 aliphatic heterocycles. The molecule has 4 heterocycles. The van der Waals surface area contributed by atoms with Gasteiger partial charge in [0.15, 0.2) is 0 Å². The van der Waals surface area contributed by atoms with Crippen molar-refractivity contribution in [1.29, 1.82) is 0 Å². The topological polar surface area (TPSA) is 58.6 Å². The lowest BCUT2D eigenvalue weighted by atomic mass is 10.1. The minimum Gasteiger partial charge on any atom is -0.472 e. The normalized spacial score (nSPS) is 19.8. The van der Waals surface area contributed by atoms with Crippen LogP contribution in [0.2, 0.25) is 0 Å². The van der Waals surface area contributed by atoms with Crippen LogP contribution < -0.4 is 9.64 Å². The number of hydrogen-bond donors (Lipinski definition) is 0. The molecule has 0 radical (unpaired) electrons. The van der Waals surface area contributed by atoms with E-state index in [0.29, 0.717) is 30.9 Å². The Kier molecular flexibility index (Phi) is 5.78. The average Bonchev–Trinajstić information content (AvgIpc) is 3.22. The molecule has 6 nitrogen and oxygen atoms in total. The second-order valence-corrected chi connectivity index (χ2v) is 7.58. The molecule has 2 aliphatic rings. The quantitative estimate of drug-likeness (QED) is 0.754. The van der Waals surface area contributed by atoms with Crippen molar-refractivity contribution in [1.82, 2.24) is 14.9 Å². The van der Waals surface area contributed by atoms with E-state index in [4.69, 9.17) is 4.74 Å². The SMILES string of the molecule is O=C(c1cccnc1N1CCC(Oc2ccc(C(F)(F)F)cn2)C1)N1CCCCC1. The van der Waals surface area contributed by atoms with Crippen LogP contribution in [0, 0.1) is 0 Å². The fourth-order valence-electron chi connectivity index (χ4n) is 3.89. The molecule has 0 aromatic carbocycles. The molecule has 2 aromatic rings. The van der Waals surface area contributed by atoms with Crippen molar-refractivity contribution in [3.63, 3.8) is 0 Å². The Hall–Kier alpha value is -2.84. The number of rotatable bonds is 4. The molecule has 0 spiro atoms. The van der Waals surface area contributed by atoms with E-state index in [0.717, 1.165) is 44.6 Å². The highest BCUT2D eigenvalue weighted by Gasteiger charge is 2.32. The summed E-state index contributed by atoms with van der Waals surface area (Å²) in [6, 6.07) is 5.75. The molecule has 0 aliphatic carbocycles. The minimum atomic E-state index is -4.42. The van der Waals surface area contributed by atoms with Crippen molar-refractivity contribution in [2.45, 2.75) is 38.0 Å². The monoisotopic (exact) mass is 420 g/mol. The van der Waals surface area contributed by atoms with Gasteiger partial charge < -0.3 is 14.5 Å². The van der Waals surface area contributed by atoms with Gasteiger partial charge in [-0.05, 0) is 37.5 Å². The molecular weight excluding hydrogens is 397 g/mol. The van der Waals surface area contributed by atoms with E-state index < -0.39 is 11.7 Å². The zero-order valence-electron chi connectivity index (χ0n) is 16.4. The Morgan fingerprint density at radius 2 is 1.87 bits per heavy atom.